The fourth-order valence-electron chi connectivity index (χ4n) is 5.03. The number of carbonyl (C=O) groups excluding carboxylic acids is 1. The molecule has 3 aromatic carbocycles. The topological polar surface area (TPSA) is 66.8 Å². The van der Waals surface area contributed by atoms with Gasteiger partial charge in [-0.3, -0.25) is 4.79 Å². The van der Waals surface area contributed by atoms with Crippen molar-refractivity contribution in [2.75, 3.05) is 4.90 Å². The highest BCUT2D eigenvalue weighted by atomic mass is 35.5. The third-order valence-corrected chi connectivity index (χ3v) is 7.23. The van der Waals surface area contributed by atoms with E-state index in [0.717, 1.165) is 46.5 Å². The molecule has 0 bridgehead atoms. The van der Waals surface area contributed by atoms with E-state index in [1.54, 1.807) is 29.2 Å². The monoisotopic (exact) mass is 475 g/mol. The molecule has 174 valence electrons. The van der Waals surface area contributed by atoms with E-state index in [2.05, 4.69) is 19.9 Å². The van der Waals surface area contributed by atoms with E-state index in [1.165, 1.54) is 0 Å². The fourth-order valence-corrected chi connectivity index (χ4v) is 5.20. The molecule has 6 heteroatoms. The quantitative estimate of drug-likeness (QED) is 0.503. The van der Waals surface area contributed by atoms with E-state index in [9.17, 15) is 14.7 Å². The minimum Gasteiger partial charge on any atom is -0.488 e. The van der Waals surface area contributed by atoms with Crippen molar-refractivity contribution in [1.82, 2.24) is 0 Å². The zero-order valence-corrected chi connectivity index (χ0v) is 20.1. The second kappa shape index (κ2) is 7.88. The first kappa shape index (κ1) is 22.5. The van der Waals surface area contributed by atoms with Gasteiger partial charge in [0.25, 0.3) is 0 Å². The molecule has 0 aromatic heterocycles. The fraction of sp³-hybridized carbons (Fsp3) is 0.286. The van der Waals surface area contributed by atoms with Crippen molar-refractivity contribution in [3.05, 3.63) is 93.5 Å². The van der Waals surface area contributed by atoms with Gasteiger partial charge in [-0.2, -0.15) is 0 Å². The van der Waals surface area contributed by atoms with E-state index >= 15 is 0 Å². The molecule has 2 aliphatic heterocycles. The Balaban J connectivity index is 1.58. The molecule has 3 aromatic rings. The standard InChI is InChI=1S/C28H26ClNO4/c1-27(2)12-11-18-14-20(7-10-24(18)34-27)28(3)22-15-21(29)8-9-23(22)30(26(28)33)16-17-5-4-6-19(13-17)25(31)32/h4-10,13-15H,11-12,16H2,1-3H3,(H,31,32)/t28-/m0/s1. The van der Waals surface area contributed by atoms with Gasteiger partial charge in [-0.05, 0) is 92.3 Å². The second-order valence-electron chi connectivity index (χ2n) is 9.87. The molecule has 2 aliphatic rings. The molecule has 0 radical (unpaired) electrons. The van der Waals surface area contributed by atoms with Crippen LogP contribution in [0.5, 0.6) is 5.75 Å². The maximum absolute atomic E-state index is 14.0. The van der Waals surface area contributed by atoms with Crippen LogP contribution in [0.3, 0.4) is 0 Å². The van der Waals surface area contributed by atoms with Crippen LogP contribution in [-0.2, 0) is 23.2 Å². The number of carboxylic acid groups (broad SMARTS) is 1. The van der Waals surface area contributed by atoms with Gasteiger partial charge < -0.3 is 14.7 Å². The van der Waals surface area contributed by atoms with E-state index in [4.69, 9.17) is 16.3 Å². The van der Waals surface area contributed by atoms with Gasteiger partial charge in [-0.15, -0.1) is 0 Å². The summed E-state index contributed by atoms with van der Waals surface area (Å²) in [6, 6.07) is 18.2. The van der Waals surface area contributed by atoms with Crippen molar-refractivity contribution >= 4 is 29.2 Å². The number of hydrogen-bond acceptors (Lipinski definition) is 3. The maximum atomic E-state index is 14.0. The van der Waals surface area contributed by atoms with Gasteiger partial charge in [0.2, 0.25) is 5.91 Å². The summed E-state index contributed by atoms with van der Waals surface area (Å²) >= 11 is 6.38. The molecule has 5 nitrogen and oxygen atoms in total. The van der Waals surface area contributed by atoms with Crippen LogP contribution in [-0.4, -0.2) is 22.6 Å². The number of anilines is 1. The van der Waals surface area contributed by atoms with Crippen LogP contribution in [0.25, 0.3) is 0 Å². The third-order valence-electron chi connectivity index (χ3n) is 7.00. The number of aryl methyl sites for hydroxylation is 1. The zero-order chi connectivity index (χ0) is 24.3. The number of ether oxygens (including phenoxy) is 1. The molecular weight excluding hydrogens is 450 g/mol. The van der Waals surface area contributed by atoms with Crippen molar-refractivity contribution in [1.29, 1.82) is 0 Å². The zero-order valence-electron chi connectivity index (χ0n) is 19.4. The SMILES string of the molecule is CC1(C)CCc2cc([C@]3(C)C(=O)N(Cc4cccc(C(=O)O)c4)c4ccc(Cl)cc43)ccc2O1. The number of fused-ring (bicyclic) bond motifs is 2. The molecule has 1 amide bonds. The van der Waals surface area contributed by atoms with Gasteiger partial charge in [0.05, 0.1) is 17.5 Å². The molecule has 0 spiro atoms. The summed E-state index contributed by atoms with van der Waals surface area (Å²) in [5.41, 5.74) is 3.44. The summed E-state index contributed by atoms with van der Waals surface area (Å²) in [6.07, 6.45) is 1.79. The summed E-state index contributed by atoms with van der Waals surface area (Å²) in [5, 5.41) is 9.93. The van der Waals surface area contributed by atoms with Crippen molar-refractivity contribution in [2.45, 2.75) is 51.2 Å². The number of amides is 1. The second-order valence-corrected chi connectivity index (χ2v) is 10.3. The molecule has 0 unspecified atom stereocenters. The number of hydrogen-bond donors (Lipinski definition) is 1. The predicted molar refractivity (Wildman–Crippen MR) is 132 cm³/mol. The van der Waals surface area contributed by atoms with Gasteiger partial charge in [0.1, 0.15) is 11.4 Å². The van der Waals surface area contributed by atoms with E-state index in [-0.39, 0.29) is 23.6 Å². The van der Waals surface area contributed by atoms with Crippen molar-refractivity contribution in [3.8, 4) is 5.75 Å². The normalized spacial score (nSPS) is 20.5. The van der Waals surface area contributed by atoms with Crippen molar-refractivity contribution in [3.63, 3.8) is 0 Å². The van der Waals surface area contributed by atoms with Crippen LogP contribution in [0.1, 0.15) is 59.8 Å². The Morgan fingerprint density at radius 3 is 2.65 bits per heavy atom. The van der Waals surface area contributed by atoms with E-state index in [1.807, 2.05) is 37.3 Å². The minimum atomic E-state index is -0.994. The van der Waals surface area contributed by atoms with Gasteiger partial charge >= 0.3 is 5.97 Å². The number of carboxylic acids is 1. The van der Waals surface area contributed by atoms with Crippen LogP contribution in [0.15, 0.2) is 60.7 Å². The smallest absolute Gasteiger partial charge is 0.335 e. The Labute approximate surface area is 203 Å². The Morgan fingerprint density at radius 2 is 1.88 bits per heavy atom. The molecule has 0 aliphatic carbocycles. The first-order valence-corrected chi connectivity index (χ1v) is 11.7. The number of nitrogens with zero attached hydrogens (tertiary/aromatic N) is 1. The third kappa shape index (κ3) is 3.64. The highest BCUT2D eigenvalue weighted by molar-refractivity contribution is 6.31. The van der Waals surface area contributed by atoms with Gasteiger partial charge in [-0.25, -0.2) is 4.79 Å². The van der Waals surface area contributed by atoms with E-state index in [0.29, 0.717) is 5.02 Å². The average molecular weight is 476 g/mol. The largest absolute Gasteiger partial charge is 0.488 e. The number of benzene rings is 3. The van der Waals surface area contributed by atoms with Gasteiger partial charge in [-0.1, -0.05) is 35.9 Å². The Kier molecular flexibility index (Phi) is 5.21. The van der Waals surface area contributed by atoms with Crippen LogP contribution in [0, 0.1) is 0 Å². The number of rotatable bonds is 4. The summed E-state index contributed by atoms with van der Waals surface area (Å²) in [6.45, 7) is 6.38. The maximum Gasteiger partial charge on any atom is 0.335 e. The lowest BCUT2D eigenvalue weighted by molar-refractivity contribution is -0.121. The molecule has 0 saturated heterocycles. The first-order valence-electron chi connectivity index (χ1n) is 11.4. The Bertz CT molecular complexity index is 1330. The minimum absolute atomic E-state index is 0.0671. The molecule has 5 rings (SSSR count). The van der Waals surface area contributed by atoms with Crippen molar-refractivity contribution < 1.29 is 19.4 Å². The summed E-state index contributed by atoms with van der Waals surface area (Å²) < 4.78 is 6.15. The van der Waals surface area contributed by atoms with Crippen LogP contribution in [0.2, 0.25) is 5.02 Å². The highest BCUT2D eigenvalue weighted by Crippen LogP contribution is 2.48. The molecule has 2 heterocycles. The summed E-state index contributed by atoms with van der Waals surface area (Å²) in [5.74, 6) is -0.198. The lowest BCUT2D eigenvalue weighted by Crippen LogP contribution is -2.39. The van der Waals surface area contributed by atoms with Crippen LogP contribution in [0.4, 0.5) is 5.69 Å². The molecular formula is C28H26ClNO4. The Morgan fingerprint density at radius 1 is 1.09 bits per heavy atom. The van der Waals surface area contributed by atoms with Crippen LogP contribution >= 0.6 is 11.6 Å². The highest BCUT2D eigenvalue weighted by Gasteiger charge is 2.49. The summed E-state index contributed by atoms with van der Waals surface area (Å²) in [7, 11) is 0. The first-order chi connectivity index (χ1) is 16.1. The van der Waals surface area contributed by atoms with Gasteiger partial charge in [0, 0.05) is 10.7 Å². The number of halogens is 1. The lowest BCUT2D eigenvalue weighted by atomic mass is 9.76. The van der Waals surface area contributed by atoms with Crippen LogP contribution < -0.4 is 9.64 Å². The average Bonchev–Trinajstić information content (AvgIpc) is 3.00. The lowest BCUT2D eigenvalue weighted by Gasteiger charge is -2.34. The Hall–Kier alpha value is -3.31. The van der Waals surface area contributed by atoms with E-state index < -0.39 is 11.4 Å². The molecule has 0 fully saturated rings. The predicted octanol–water partition coefficient (Wildman–Crippen LogP) is 5.99. The number of carbonyl (C=O) groups is 2. The number of aromatic carboxylic acids is 1. The summed E-state index contributed by atoms with van der Waals surface area (Å²) in [4.78, 5) is 27.2. The molecule has 1 N–H and O–H groups in total. The van der Waals surface area contributed by atoms with Gasteiger partial charge in [0.15, 0.2) is 0 Å². The molecule has 0 saturated carbocycles. The molecule has 34 heavy (non-hydrogen) atoms. The molecule has 1 atom stereocenters. The van der Waals surface area contributed by atoms with Crippen molar-refractivity contribution in [2.24, 2.45) is 0 Å².